The molecule has 1 aliphatic rings. The Morgan fingerprint density at radius 1 is 1.15 bits per heavy atom. The van der Waals surface area contributed by atoms with Crippen molar-refractivity contribution in [1.29, 1.82) is 0 Å². The number of nitrogens with two attached hydrogens (primary N) is 1. The summed E-state index contributed by atoms with van der Waals surface area (Å²) < 4.78 is 0. The van der Waals surface area contributed by atoms with Crippen molar-refractivity contribution in [2.75, 3.05) is 18.5 Å². The van der Waals surface area contributed by atoms with Gasteiger partial charge in [-0.25, -0.2) is 9.97 Å². The monoisotopic (exact) mass is 524 g/mol. The Kier molecular flexibility index (Phi) is 10.3. The average molecular weight is 526 g/mol. The molecule has 0 saturated heterocycles. The highest BCUT2D eigenvalue weighted by Gasteiger charge is 2.21. The van der Waals surface area contributed by atoms with E-state index in [4.69, 9.17) is 49.1 Å². The maximum atomic E-state index is 10.8. The fourth-order valence-electron chi connectivity index (χ4n) is 3.84. The minimum Gasteiger partial charge on any atom is -0.481 e. The van der Waals surface area contributed by atoms with Crippen molar-refractivity contribution in [2.45, 2.75) is 57.9 Å². The Bertz CT molecular complexity index is 1120. The second-order valence-corrected chi connectivity index (χ2v) is 9.99. The molecule has 4 rings (SSSR count). The molecular formula is C24H30Cl2N4O3S. The van der Waals surface area contributed by atoms with Gasteiger partial charge in [-0.2, -0.15) is 0 Å². The van der Waals surface area contributed by atoms with E-state index in [1.54, 1.807) is 17.4 Å². The average Bonchev–Trinajstić information content (AvgIpc) is 3.21. The summed E-state index contributed by atoms with van der Waals surface area (Å²) in [6.07, 6.45) is 6.84. The van der Waals surface area contributed by atoms with Gasteiger partial charge in [-0.15, -0.1) is 11.3 Å². The van der Waals surface area contributed by atoms with E-state index in [1.807, 2.05) is 12.1 Å². The number of halogens is 2. The first-order chi connectivity index (χ1) is 16.4. The number of carbonyl (C=O) groups is 1. The molecule has 0 fully saturated rings. The number of hydrogen-bond donors (Lipinski definition) is 4. The summed E-state index contributed by atoms with van der Waals surface area (Å²) in [5.74, 6) is 0.864. The summed E-state index contributed by atoms with van der Waals surface area (Å²) in [5.41, 5.74) is 7.19. The van der Waals surface area contributed by atoms with Crippen molar-refractivity contribution in [3.63, 3.8) is 0 Å². The van der Waals surface area contributed by atoms with Crippen molar-refractivity contribution in [2.24, 2.45) is 5.73 Å². The number of aryl methyl sites for hydroxylation is 3. The summed E-state index contributed by atoms with van der Waals surface area (Å²) in [6.45, 7) is 1.06. The number of unbranched alkanes of at least 4 members (excludes halogenated alkanes) is 1. The van der Waals surface area contributed by atoms with Crippen LogP contribution in [0.4, 0.5) is 5.82 Å². The van der Waals surface area contributed by atoms with Gasteiger partial charge in [0.15, 0.2) is 0 Å². The highest BCUT2D eigenvalue weighted by Crippen LogP contribution is 2.39. The van der Waals surface area contributed by atoms with Crippen LogP contribution in [0.3, 0.4) is 0 Å². The van der Waals surface area contributed by atoms with Crippen LogP contribution in [0.15, 0.2) is 18.2 Å². The number of aliphatic hydroxyl groups excluding tert-OH is 1. The molecule has 2 aromatic heterocycles. The second-order valence-electron chi connectivity index (χ2n) is 8.09. The first-order valence-electron chi connectivity index (χ1n) is 11.4. The number of aromatic nitrogens is 2. The van der Waals surface area contributed by atoms with Crippen LogP contribution in [-0.2, 0) is 30.6 Å². The standard InChI is InChI=1S/C22H23Cl2N3O2S.C2H7NO/c23-15-10-9-13(11-16(15)24)12-25-21-20-14-5-1-2-6-17(14)30-22(20)27-18(26-21)7-3-4-8-19(28)29;3-1-2-4/h9-11H,1-8,12H2,(H,28,29)(H,25,26,27);4H,1-3H2. The van der Waals surface area contributed by atoms with Gasteiger partial charge in [0.2, 0.25) is 0 Å². The van der Waals surface area contributed by atoms with E-state index in [2.05, 4.69) is 5.32 Å². The lowest BCUT2D eigenvalue weighted by molar-refractivity contribution is -0.137. The van der Waals surface area contributed by atoms with Gasteiger partial charge in [0.25, 0.3) is 0 Å². The van der Waals surface area contributed by atoms with Gasteiger partial charge >= 0.3 is 5.97 Å². The predicted octanol–water partition coefficient (Wildman–Crippen LogP) is 5.22. The van der Waals surface area contributed by atoms with Crippen LogP contribution in [0.25, 0.3) is 10.2 Å². The topological polar surface area (TPSA) is 121 Å². The molecule has 1 aromatic carbocycles. The molecule has 1 aliphatic carbocycles. The number of carboxylic acids is 1. The van der Waals surface area contributed by atoms with E-state index in [1.165, 1.54) is 23.3 Å². The minimum atomic E-state index is -0.763. The van der Waals surface area contributed by atoms with Crippen molar-refractivity contribution >= 4 is 56.5 Å². The molecule has 0 unspecified atom stereocenters. The molecule has 2 heterocycles. The zero-order valence-electron chi connectivity index (χ0n) is 18.9. The number of benzene rings is 1. The molecule has 0 spiro atoms. The first-order valence-corrected chi connectivity index (χ1v) is 13.0. The lowest BCUT2D eigenvalue weighted by Crippen LogP contribution is -2.07. The summed E-state index contributed by atoms with van der Waals surface area (Å²) >= 11 is 14.0. The zero-order valence-corrected chi connectivity index (χ0v) is 21.3. The van der Waals surface area contributed by atoms with Crippen molar-refractivity contribution in [3.05, 3.63) is 50.1 Å². The van der Waals surface area contributed by atoms with Gasteiger partial charge in [0, 0.05) is 30.8 Å². The van der Waals surface area contributed by atoms with Crippen LogP contribution >= 0.6 is 34.5 Å². The van der Waals surface area contributed by atoms with Crippen LogP contribution in [0, 0.1) is 0 Å². The number of thiophene rings is 1. The summed E-state index contributed by atoms with van der Waals surface area (Å²) in [4.78, 5) is 22.9. The third-order valence-electron chi connectivity index (χ3n) is 5.48. The third-order valence-corrected chi connectivity index (χ3v) is 7.40. The number of carboxylic acid groups (broad SMARTS) is 1. The molecule has 7 nitrogen and oxygen atoms in total. The lowest BCUT2D eigenvalue weighted by Gasteiger charge is -2.14. The van der Waals surface area contributed by atoms with Crippen molar-refractivity contribution in [3.8, 4) is 0 Å². The van der Waals surface area contributed by atoms with Gasteiger partial charge in [0.05, 0.1) is 22.0 Å². The number of rotatable bonds is 9. The van der Waals surface area contributed by atoms with E-state index in [0.717, 1.165) is 46.7 Å². The fraction of sp³-hybridized carbons (Fsp3) is 0.458. The molecule has 10 heteroatoms. The third kappa shape index (κ3) is 7.26. The van der Waals surface area contributed by atoms with Crippen LogP contribution < -0.4 is 11.1 Å². The van der Waals surface area contributed by atoms with Gasteiger partial charge in [-0.05, 0) is 61.8 Å². The van der Waals surface area contributed by atoms with Gasteiger partial charge in [-0.3, -0.25) is 4.79 Å². The lowest BCUT2D eigenvalue weighted by atomic mass is 9.97. The molecule has 34 heavy (non-hydrogen) atoms. The molecule has 5 N–H and O–H groups in total. The zero-order chi connectivity index (χ0) is 24.5. The Morgan fingerprint density at radius 3 is 2.62 bits per heavy atom. The smallest absolute Gasteiger partial charge is 0.303 e. The van der Waals surface area contributed by atoms with Crippen LogP contribution in [-0.4, -0.2) is 39.3 Å². The minimum absolute atomic E-state index is 0.0972. The Balaban J connectivity index is 0.000000751. The summed E-state index contributed by atoms with van der Waals surface area (Å²) in [5, 5.41) is 22.3. The van der Waals surface area contributed by atoms with E-state index >= 15 is 0 Å². The molecule has 184 valence electrons. The highest BCUT2D eigenvalue weighted by molar-refractivity contribution is 7.19. The largest absolute Gasteiger partial charge is 0.481 e. The van der Waals surface area contributed by atoms with E-state index < -0.39 is 5.97 Å². The van der Waals surface area contributed by atoms with Crippen molar-refractivity contribution in [1.82, 2.24) is 9.97 Å². The van der Waals surface area contributed by atoms with Gasteiger partial charge < -0.3 is 21.3 Å². The first kappa shape index (κ1) is 26.6. The number of aliphatic carboxylic acids is 1. The Hall–Kier alpha value is -1.97. The number of nitrogens with zero attached hydrogens (tertiary/aromatic N) is 2. The molecule has 3 aromatic rings. The molecular weight excluding hydrogens is 495 g/mol. The number of hydrogen-bond acceptors (Lipinski definition) is 7. The fourth-order valence-corrected chi connectivity index (χ4v) is 5.44. The van der Waals surface area contributed by atoms with Gasteiger partial charge in [0.1, 0.15) is 16.5 Å². The van der Waals surface area contributed by atoms with Crippen molar-refractivity contribution < 1.29 is 15.0 Å². The number of anilines is 1. The normalized spacial score (nSPS) is 12.7. The Morgan fingerprint density at radius 2 is 1.91 bits per heavy atom. The summed E-state index contributed by atoms with van der Waals surface area (Å²) in [7, 11) is 0. The van der Waals surface area contributed by atoms with Crippen LogP contribution in [0.1, 0.15) is 53.9 Å². The quantitative estimate of drug-likeness (QED) is 0.283. The predicted molar refractivity (Wildman–Crippen MR) is 139 cm³/mol. The number of fused-ring (bicyclic) bond motifs is 3. The molecule has 0 atom stereocenters. The number of aliphatic hydroxyl groups is 1. The maximum absolute atomic E-state index is 10.8. The molecule has 0 aliphatic heterocycles. The van der Waals surface area contributed by atoms with Gasteiger partial charge in [-0.1, -0.05) is 29.3 Å². The second kappa shape index (κ2) is 13.2. The van der Waals surface area contributed by atoms with Crippen LogP contribution in [0.2, 0.25) is 10.0 Å². The molecule has 0 saturated carbocycles. The molecule has 0 bridgehead atoms. The van der Waals surface area contributed by atoms with E-state index in [0.29, 0.717) is 36.0 Å². The van der Waals surface area contributed by atoms with E-state index in [9.17, 15) is 4.79 Å². The Labute approximate surface area is 213 Å². The SMILES string of the molecule is NCCO.O=C(O)CCCCc1nc(NCc2ccc(Cl)c(Cl)c2)c2c3c(sc2n1)CCCC3. The van der Waals surface area contributed by atoms with E-state index in [-0.39, 0.29) is 13.0 Å². The molecule has 0 radical (unpaired) electrons. The molecule has 0 amide bonds. The highest BCUT2D eigenvalue weighted by atomic mass is 35.5. The van der Waals surface area contributed by atoms with Crippen LogP contribution in [0.5, 0.6) is 0 Å². The summed E-state index contributed by atoms with van der Waals surface area (Å²) in [6, 6.07) is 5.62. The number of nitrogens with one attached hydrogen (secondary N) is 1. The maximum Gasteiger partial charge on any atom is 0.303 e.